The van der Waals surface area contributed by atoms with Gasteiger partial charge in [0.25, 0.3) is 5.91 Å². The minimum atomic E-state index is -1.04. The van der Waals surface area contributed by atoms with Crippen molar-refractivity contribution in [2.45, 2.75) is 51.7 Å². The van der Waals surface area contributed by atoms with Gasteiger partial charge in [0, 0.05) is 25.4 Å². The highest BCUT2D eigenvalue weighted by Gasteiger charge is 2.42. The van der Waals surface area contributed by atoms with E-state index in [1.807, 2.05) is 0 Å². The first-order chi connectivity index (χ1) is 17.4. The van der Waals surface area contributed by atoms with Crippen LogP contribution in [0.1, 0.15) is 39.2 Å². The lowest BCUT2D eigenvalue weighted by atomic mass is 9.75. The fraction of sp³-hybridized carbons (Fsp3) is 0.462. The summed E-state index contributed by atoms with van der Waals surface area (Å²) in [4.78, 5) is 33.0. The maximum Gasteiger partial charge on any atom is 0.415 e. The Bertz CT molecular complexity index is 1230. The molecule has 1 atom stereocenters. The summed E-state index contributed by atoms with van der Waals surface area (Å²) in [5.74, 6) is -1.04. The number of hydrogen-bond donors (Lipinski definition) is 1. The van der Waals surface area contributed by atoms with Gasteiger partial charge in [0.15, 0.2) is 6.10 Å². The topological polar surface area (TPSA) is 116 Å². The highest BCUT2D eigenvalue weighted by molar-refractivity contribution is 6.32. The molecule has 1 aromatic carbocycles. The van der Waals surface area contributed by atoms with Gasteiger partial charge in [0.05, 0.1) is 28.7 Å². The van der Waals surface area contributed by atoms with E-state index < -0.39 is 29.2 Å². The Hall–Kier alpha value is -3.58. The van der Waals surface area contributed by atoms with Crippen molar-refractivity contribution >= 4 is 29.3 Å². The van der Waals surface area contributed by atoms with Crippen LogP contribution in [-0.2, 0) is 16.0 Å². The maximum absolute atomic E-state index is 13.5. The molecule has 1 unspecified atom stereocenters. The molecular weight excluding hydrogens is 503 g/mol. The summed E-state index contributed by atoms with van der Waals surface area (Å²) in [6.07, 6.45) is 0.942. The molecule has 3 heterocycles. The number of halogens is 2. The van der Waals surface area contributed by atoms with Crippen LogP contribution in [0.25, 0.3) is 0 Å². The van der Waals surface area contributed by atoms with Crippen LogP contribution in [0.15, 0.2) is 30.5 Å². The number of benzene rings is 1. The Morgan fingerprint density at radius 3 is 2.62 bits per heavy atom. The monoisotopic (exact) mass is 530 g/mol. The average Bonchev–Trinajstić information content (AvgIpc) is 2.84. The number of aromatic nitrogens is 1. The predicted molar refractivity (Wildman–Crippen MR) is 133 cm³/mol. The molecule has 2 aromatic rings. The Kier molecular flexibility index (Phi) is 7.20. The van der Waals surface area contributed by atoms with Crippen molar-refractivity contribution in [2.24, 2.45) is 5.41 Å². The largest absolute Gasteiger partial charge is 0.506 e. The van der Waals surface area contributed by atoms with E-state index >= 15 is 0 Å². The molecule has 2 aliphatic rings. The molecule has 0 saturated carbocycles. The molecule has 0 aliphatic carbocycles. The van der Waals surface area contributed by atoms with E-state index in [-0.39, 0.29) is 34.7 Å². The summed E-state index contributed by atoms with van der Waals surface area (Å²) in [6, 6.07) is 7.92. The van der Waals surface area contributed by atoms with Gasteiger partial charge in [-0.2, -0.15) is 9.65 Å². The number of fused-ring (bicyclic) bond motifs is 1. The maximum atomic E-state index is 13.5. The highest BCUT2D eigenvalue weighted by Crippen LogP contribution is 2.42. The van der Waals surface area contributed by atoms with Crippen LogP contribution in [0.5, 0.6) is 11.5 Å². The number of ether oxygens (including phenoxy) is 2. The number of phenolic OH excluding ortho intramolecular Hbond substituents is 1. The number of likely N-dealkylation sites (tertiary alicyclic amines) is 1. The van der Waals surface area contributed by atoms with Crippen LogP contribution >= 0.6 is 11.6 Å². The number of amides is 2. The fourth-order valence-electron chi connectivity index (χ4n) is 4.50. The highest BCUT2D eigenvalue weighted by atomic mass is 35.5. The van der Waals surface area contributed by atoms with Crippen LogP contribution < -0.4 is 9.64 Å². The molecule has 1 aromatic heterocycles. The lowest BCUT2D eigenvalue weighted by Gasteiger charge is -2.41. The van der Waals surface area contributed by atoms with E-state index in [2.05, 4.69) is 11.1 Å². The lowest BCUT2D eigenvalue weighted by Crippen LogP contribution is -2.54. The summed E-state index contributed by atoms with van der Waals surface area (Å²) in [7, 11) is 0. The number of hydrogen-bond acceptors (Lipinski definition) is 7. The van der Waals surface area contributed by atoms with Crippen molar-refractivity contribution < 1.29 is 28.6 Å². The molecule has 1 fully saturated rings. The van der Waals surface area contributed by atoms with Gasteiger partial charge < -0.3 is 19.5 Å². The fourth-order valence-corrected chi connectivity index (χ4v) is 4.66. The molecule has 2 aliphatic heterocycles. The molecule has 0 spiro atoms. The van der Waals surface area contributed by atoms with E-state index in [4.69, 9.17) is 21.1 Å². The van der Waals surface area contributed by atoms with E-state index in [9.17, 15) is 24.3 Å². The van der Waals surface area contributed by atoms with Crippen molar-refractivity contribution in [3.05, 3.63) is 47.0 Å². The molecule has 2 amide bonds. The van der Waals surface area contributed by atoms with E-state index in [1.165, 1.54) is 29.3 Å². The Morgan fingerprint density at radius 2 is 2.03 bits per heavy atom. The second-order valence-corrected chi connectivity index (χ2v) is 10.8. The molecule has 37 heavy (non-hydrogen) atoms. The minimum absolute atomic E-state index is 0.0286. The van der Waals surface area contributed by atoms with Crippen molar-refractivity contribution in [3.63, 3.8) is 0 Å². The van der Waals surface area contributed by atoms with Gasteiger partial charge in [0.2, 0.25) is 5.95 Å². The number of piperidine rings is 1. The number of aromatic hydroxyl groups is 1. The molecular formula is C26H28ClFN4O5. The van der Waals surface area contributed by atoms with Crippen molar-refractivity contribution in [2.75, 3.05) is 24.5 Å². The molecule has 0 bridgehead atoms. The van der Waals surface area contributed by atoms with Gasteiger partial charge in [-0.3, -0.25) is 9.69 Å². The summed E-state index contributed by atoms with van der Waals surface area (Å²) < 4.78 is 24.6. The summed E-state index contributed by atoms with van der Waals surface area (Å²) in [6.45, 7) is 5.71. The first kappa shape index (κ1) is 26.5. The van der Waals surface area contributed by atoms with Crippen LogP contribution in [0.4, 0.5) is 14.9 Å². The molecule has 1 N–H and O–H groups in total. The van der Waals surface area contributed by atoms with Gasteiger partial charge in [-0.15, -0.1) is 0 Å². The number of nitrogens with zero attached hydrogens (tertiary/aromatic N) is 4. The van der Waals surface area contributed by atoms with Crippen molar-refractivity contribution in [3.8, 4) is 17.6 Å². The lowest BCUT2D eigenvalue weighted by molar-refractivity contribution is -0.140. The molecule has 1 saturated heterocycles. The third-order valence-electron chi connectivity index (χ3n) is 6.43. The average molecular weight is 531 g/mol. The standard InChI is InChI=1S/C26H28ClFN4O5/c1-25(2,3)37-24(35)32-14-21(36-20-11-19(33)17(27)10-18(20)32)23(34)31-8-6-26(15-29,7-9-31)12-16-4-5-22(28)30-13-16/h4-5,10-11,13,21,33H,6-9,12,14H2,1-3H3. The second kappa shape index (κ2) is 10.1. The van der Waals surface area contributed by atoms with E-state index in [0.29, 0.717) is 32.4 Å². The zero-order chi connectivity index (χ0) is 27.0. The second-order valence-electron chi connectivity index (χ2n) is 10.4. The van der Waals surface area contributed by atoms with Crippen LogP contribution in [0, 0.1) is 22.7 Å². The number of phenols is 1. The van der Waals surface area contributed by atoms with Gasteiger partial charge in [0.1, 0.15) is 17.1 Å². The Balaban J connectivity index is 1.50. The van der Waals surface area contributed by atoms with Crippen molar-refractivity contribution in [1.82, 2.24) is 9.88 Å². The minimum Gasteiger partial charge on any atom is -0.506 e. The van der Waals surface area contributed by atoms with Crippen LogP contribution in [0.3, 0.4) is 0 Å². The van der Waals surface area contributed by atoms with E-state index in [0.717, 1.165) is 5.56 Å². The summed E-state index contributed by atoms with van der Waals surface area (Å²) in [5, 5.41) is 20.0. The van der Waals surface area contributed by atoms with Gasteiger partial charge in [-0.05, 0) is 57.7 Å². The number of pyridine rings is 1. The van der Waals surface area contributed by atoms with Gasteiger partial charge >= 0.3 is 6.09 Å². The number of rotatable bonds is 3. The first-order valence-electron chi connectivity index (χ1n) is 11.9. The van der Waals surface area contributed by atoms with Gasteiger partial charge in [-0.25, -0.2) is 9.78 Å². The zero-order valence-electron chi connectivity index (χ0n) is 20.8. The smallest absolute Gasteiger partial charge is 0.415 e. The molecule has 4 rings (SSSR count). The van der Waals surface area contributed by atoms with Crippen LogP contribution in [-0.4, -0.2) is 58.3 Å². The van der Waals surface area contributed by atoms with Crippen molar-refractivity contribution in [1.29, 1.82) is 5.26 Å². The number of anilines is 1. The predicted octanol–water partition coefficient (Wildman–Crippen LogP) is 4.46. The van der Waals surface area contributed by atoms with E-state index in [1.54, 1.807) is 31.7 Å². The number of carbonyl (C=O) groups is 2. The summed E-state index contributed by atoms with van der Waals surface area (Å²) >= 11 is 6.07. The zero-order valence-corrected chi connectivity index (χ0v) is 21.6. The quantitative estimate of drug-likeness (QED) is 0.582. The molecule has 196 valence electrons. The third-order valence-corrected chi connectivity index (χ3v) is 6.73. The molecule has 9 nitrogen and oxygen atoms in total. The normalized spacial score (nSPS) is 18.9. The Morgan fingerprint density at radius 1 is 1.32 bits per heavy atom. The third kappa shape index (κ3) is 5.88. The number of nitriles is 1. The molecule has 0 radical (unpaired) electrons. The number of carbonyl (C=O) groups excluding carboxylic acids is 2. The summed E-state index contributed by atoms with van der Waals surface area (Å²) in [5.41, 5.74) is -0.442. The SMILES string of the molecule is CC(C)(C)OC(=O)N1CC(C(=O)N2CCC(C#N)(Cc3ccc(F)nc3)CC2)Oc2cc(O)c(Cl)cc21. The Labute approximate surface area is 219 Å². The first-order valence-corrected chi connectivity index (χ1v) is 12.3. The van der Waals surface area contributed by atoms with Gasteiger partial charge in [-0.1, -0.05) is 17.7 Å². The molecule has 11 heteroatoms. The van der Waals surface area contributed by atoms with Crippen LogP contribution in [0.2, 0.25) is 5.02 Å².